The molecule has 56 heavy (non-hydrogen) atoms. The van der Waals surface area contributed by atoms with Crippen molar-refractivity contribution < 1.29 is 24.3 Å². The summed E-state index contributed by atoms with van der Waals surface area (Å²) in [6.07, 6.45) is 11.9. The minimum Gasteiger partial charge on any atom is -0.391 e. The number of aromatic nitrogens is 3. The number of carbonyl (C=O) groups is 4. The Hall–Kier alpha value is -3.80. The standard InChI is InChI=1S/C43H62N6O5.2ClH/c1-29(2)32(19-20-40(52)49-39-18-12-13-21-45-39)24-37(50)35(23-31-16-10-7-11-17-31)47-42(54)36(26-34-27-44-28-46-34)48-41(53)33(25-38(51)43(3,4)5)22-30-14-8-6-9-15-30;;/h6,8-9,12-15,18,21,27-29,31-33,35-37,50H,7,10-11,16-17,19-20,22-26H2,1-5H3,(H,44,46)(H,47,54)(H,48,53)(H,45,49,52);2*1H/t32-,33+,35-,36-,37-;;/m0../s1. The molecule has 0 bridgehead atoms. The molecule has 13 heteroatoms. The summed E-state index contributed by atoms with van der Waals surface area (Å²) in [5.74, 6) is -0.522. The number of rotatable bonds is 20. The van der Waals surface area contributed by atoms with Crippen LogP contribution in [0.1, 0.15) is 110 Å². The van der Waals surface area contributed by atoms with Crippen molar-refractivity contribution in [2.45, 2.75) is 130 Å². The highest BCUT2D eigenvalue weighted by molar-refractivity contribution is 5.93. The maximum Gasteiger partial charge on any atom is 0.243 e. The Bertz CT molecular complexity index is 1600. The number of pyridine rings is 1. The van der Waals surface area contributed by atoms with Crippen LogP contribution in [0, 0.1) is 29.1 Å². The fraction of sp³-hybridized carbons (Fsp3) is 0.581. The minimum absolute atomic E-state index is 0. The summed E-state index contributed by atoms with van der Waals surface area (Å²) in [6, 6.07) is 13.4. The first-order valence-corrected chi connectivity index (χ1v) is 19.8. The van der Waals surface area contributed by atoms with Gasteiger partial charge in [0.05, 0.1) is 18.5 Å². The highest BCUT2D eigenvalue weighted by Gasteiger charge is 2.34. The second kappa shape index (κ2) is 24.1. The molecule has 5 atom stereocenters. The van der Waals surface area contributed by atoms with Crippen molar-refractivity contribution in [2.24, 2.45) is 29.1 Å². The molecule has 0 aliphatic heterocycles. The number of halogens is 2. The summed E-state index contributed by atoms with van der Waals surface area (Å²) in [7, 11) is 0. The number of aliphatic hydroxyl groups is 1. The molecule has 1 aliphatic rings. The summed E-state index contributed by atoms with van der Waals surface area (Å²) >= 11 is 0. The second-order valence-electron chi connectivity index (χ2n) is 16.6. The van der Waals surface area contributed by atoms with Gasteiger partial charge in [-0.25, -0.2) is 9.97 Å². The molecule has 0 radical (unpaired) electrons. The number of ketones is 1. The third kappa shape index (κ3) is 16.4. The van der Waals surface area contributed by atoms with Crippen molar-refractivity contribution in [3.8, 4) is 0 Å². The van der Waals surface area contributed by atoms with Gasteiger partial charge in [-0.2, -0.15) is 0 Å². The number of amides is 3. The van der Waals surface area contributed by atoms with Gasteiger partial charge in [0.2, 0.25) is 17.7 Å². The van der Waals surface area contributed by atoms with Gasteiger partial charge < -0.3 is 26.0 Å². The van der Waals surface area contributed by atoms with Gasteiger partial charge in [0, 0.05) is 48.7 Å². The molecular formula is C43H64Cl2N6O5. The van der Waals surface area contributed by atoms with Gasteiger partial charge >= 0.3 is 0 Å². The molecule has 310 valence electrons. The van der Waals surface area contributed by atoms with E-state index >= 15 is 0 Å². The Labute approximate surface area is 345 Å². The Morgan fingerprint density at radius 3 is 2.21 bits per heavy atom. The Morgan fingerprint density at radius 1 is 0.911 bits per heavy atom. The molecule has 1 saturated carbocycles. The molecule has 1 aliphatic carbocycles. The number of hydrogen-bond acceptors (Lipinski definition) is 7. The Morgan fingerprint density at radius 2 is 1.61 bits per heavy atom. The third-order valence-corrected chi connectivity index (χ3v) is 10.8. The van der Waals surface area contributed by atoms with E-state index in [1.165, 1.54) is 12.7 Å². The first-order chi connectivity index (χ1) is 25.8. The molecule has 0 unspecified atom stereocenters. The number of anilines is 1. The summed E-state index contributed by atoms with van der Waals surface area (Å²) in [5.41, 5.74) is 0.980. The van der Waals surface area contributed by atoms with E-state index in [0.717, 1.165) is 31.2 Å². The highest BCUT2D eigenvalue weighted by Crippen LogP contribution is 2.31. The van der Waals surface area contributed by atoms with E-state index in [9.17, 15) is 24.3 Å². The molecule has 11 nitrogen and oxygen atoms in total. The lowest BCUT2D eigenvalue weighted by Crippen LogP contribution is -2.55. The molecular weight excluding hydrogens is 751 g/mol. The van der Waals surface area contributed by atoms with Crippen LogP contribution < -0.4 is 16.0 Å². The number of Topliss-reactive ketones (excluding diaryl/α,β-unsaturated/α-hetero) is 1. The smallest absolute Gasteiger partial charge is 0.243 e. The lowest BCUT2D eigenvalue weighted by molar-refractivity contribution is -0.135. The molecule has 2 heterocycles. The van der Waals surface area contributed by atoms with Crippen molar-refractivity contribution >= 4 is 54.1 Å². The molecule has 3 amide bonds. The molecule has 5 N–H and O–H groups in total. The molecule has 0 spiro atoms. The lowest BCUT2D eigenvalue weighted by Gasteiger charge is -2.34. The van der Waals surface area contributed by atoms with E-state index in [1.54, 1.807) is 24.5 Å². The topological polar surface area (TPSA) is 166 Å². The van der Waals surface area contributed by atoms with Crippen molar-refractivity contribution in [3.63, 3.8) is 0 Å². The first-order valence-electron chi connectivity index (χ1n) is 19.8. The fourth-order valence-corrected chi connectivity index (χ4v) is 7.34. The van der Waals surface area contributed by atoms with Gasteiger partial charge in [0.25, 0.3) is 0 Å². The maximum absolute atomic E-state index is 14.3. The predicted octanol–water partition coefficient (Wildman–Crippen LogP) is 7.44. The monoisotopic (exact) mass is 814 g/mol. The molecule has 3 aromatic rings. The zero-order valence-corrected chi connectivity index (χ0v) is 35.3. The number of H-pyrrole nitrogens is 1. The quantitative estimate of drug-likeness (QED) is 0.0791. The van der Waals surface area contributed by atoms with E-state index in [4.69, 9.17) is 0 Å². The second-order valence-corrected chi connectivity index (χ2v) is 16.6. The van der Waals surface area contributed by atoms with Gasteiger partial charge in [-0.15, -0.1) is 24.8 Å². The van der Waals surface area contributed by atoms with Crippen LogP contribution in [0.4, 0.5) is 5.82 Å². The summed E-state index contributed by atoms with van der Waals surface area (Å²) in [6.45, 7) is 9.73. The van der Waals surface area contributed by atoms with Crippen molar-refractivity contribution in [1.82, 2.24) is 25.6 Å². The number of aromatic amines is 1. The number of aliphatic hydroxyl groups excluding tert-OH is 1. The van der Waals surface area contributed by atoms with Crippen molar-refractivity contribution in [2.75, 3.05) is 5.32 Å². The van der Waals surface area contributed by atoms with Gasteiger partial charge in [0.1, 0.15) is 17.6 Å². The average Bonchev–Trinajstić information content (AvgIpc) is 3.66. The van der Waals surface area contributed by atoms with Gasteiger partial charge in [-0.1, -0.05) is 103 Å². The molecule has 0 saturated heterocycles. The van der Waals surface area contributed by atoms with Crippen LogP contribution in [0.25, 0.3) is 0 Å². The van der Waals surface area contributed by atoms with Crippen LogP contribution in [0.15, 0.2) is 67.3 Å². The number of nitrogens with zero attached hydrogens (tertiary/aromatic N) is 2. The van der Waals surface area contributed by atoms with Gasteiger partial charge in [-0.3, -0.25) is 19.2 Å². The van der Waals surface area contributed by atoms with E-state index in [-0.39, 0.29) is 73.5 Å². The van der Waals surface area contributed by atoms with E-state index in [1.807, 2.05) is 57.2 Å². The Balaban J connectivity index is 0.00000541. The highest BCUT2D eigenvalue weighted by atomic mass is 35.5. The normalized spacial score (nSPS) is 15.9. The van der Waals surface area contributed by atoms with E-state index in [0.29, 0.717) is 43.1 Å². The SMILES string of the molecule is CC(C)[C@@H](CCC(=O)Nc1ccccn1)C[C@H](O)[C@H](CC1CCCCC1)NC(=O)[C@H](Cc1cnc[nH]1)NC(=O)[C@@H](CC(=O)C(C)(C)C)Cc1ccccc1.Cl.Cl. The average molecular weight is 816 g/mol. The van der Waals surface area contributed by atoms with Crippen LogP contribution in [0.3, 0.4) is 0 Å². The summed E-state index contributed by atoms with van der Waals surface area (Å²) in [5, 5.41) is 20.9. The van der Waals surface area contributed by atoms with Crippen LogP contribution >= 0.6 is 24.8 Å². The number of hydrogen-bond donors (Lipinski definition) is 5. The number of nitrogens with one attached hydrogen (secondary N) is 4. The summed E-state index contributed by atoms with van der Waals surface area (Å²) in [4.78, 5) is 65.8. The van der Waals surface area contributed by atoms with Crippen molar-refractivity contribution in [1.29, 1.82) is 0 Å². The molecule has 4 rings (SSSR count). The van der Waals surface area contributed by atoms with Gasteiger partial charge in [-0.05, 0) is 61.1 Å². The molecule has 2 aromatic heterocycles. The molecule has 1 fully saturated rings. The van der Waals surface area contributed by atoms with Crippen molar-refractivity contribution in [3.05, 3.63) is 78.5 Å². The minimum atomic E-state index is -0.974. The van der Waals surface area contributed by atoms with Crippen LogP contribution in [-0.4, -0.2) is 61.8 Å². The zero-order chi connectivity index (χ0) is 39.1. The van der Waals surface area contributed by atoms with Crippen LogP contribution in [0.5, 0.6) is 0 Å². The largest absolute Gasteiger partial charge is 0.391 e. The lowest BCUT2D eigenvalue weighted by atomic mass is 9.80. The first kappa shape index (κ1) is 48.3. The maximum atomic E-state index is 14.3. The predicted molar refractivity (Wildman–Crippen MR) is 226 cm³/mol. The van der Waals surface area contributed by atoms with Crippen LogP contribution in [0.2, 0.25) is 0 Å². The van der Waals surface area contributed by atoms with Gasteiger partial charge in [0.15, 0.2) is 0 Å². The van der Waals surface area contributed by atoms with E-state index < -0.39 is 35.4 Å². The third-order valence-electron chi connectivity index (χ3n) is 10.8. The number of imidazole rings is 1. The zero-order valence-electron chi connectivity index (χ0n) is 33.7. The fourth-order valence-electron chi connectivity index (χ4n) is 7.34. The molecule has 1 aromatic carbocycles. The number of carbonyl (C=O) groups excluding carboxylic acids is 4. The van der Waals surface area contributed by atoms with Crippen LogP contribution in [-0.2, 0) is 32.0 Å². The Kier molecular flexibility index (Phi) is 20.8. The van der Waals surface area contributed by atoms with E-state index in [2.05, 4.69) is 44.7 Å². The summed E-state index contributed by atoms with van der Waals surface area (Å²) < 4.78 is 0. The number of benzene rings is 1.